The van der Waals surface area contributed by atoms with Crippen molar-refractivity contribution in [3.63, 3.8) is 0 Å². The van der Waals surface area contributed by atoms with E-state index < -0.39 is 0 Å². The molecule has 4 heteroatoms. The van der Waals surface area contributed by atoms with Gasteiger partial charge < -0.3 is 9.80 Å². The minimum Gasteiger partial charge on any atom is -0.349 e. The van der Waals surface area contributed by atoms with Crippen LogP contribution >= 0.6 is 24.0 Å². The first-order valence-corrected chi connectivity index (χ1v) is 2.91. The van der Waals surface area contributed by atoms with Crippen LogP contribution in [0, 0.1) is 0 Å². The molecule has 0 saturated heterocycles. The molecule has 0 heterocycles. The van der Waals surface area contributed by atoms with E-state index in [1.165, 1.54) is 0 Å². The minimum absolute atomic E-state index is 0. The van der Waals surface area contributed by atoms with Gasteiger partial charge in [-0.3, -0.25) is 4.99 Å². The summed E-state index contributed by atoms with van der Waals surface area (Å²) in [4.78, 5) is 8.00. The number of hydrogen-bond acceptors (Lipinski definition) is 1. The topological polar surface area (TPSA) is 18.8 Å². The van der Waals surface area contributed by atoms with E-state index in [1.54, 1.807) is 7.05 Å². The zero-order valence-electron chi connectivity index (χ0n) is 7.25. The van der Waals surface area contributed by atoms with Gasteiger partial charge in [-0.15, -0.1) is 24.0 Å². The number of hydrogen-bond donors (Lipinski definition) is 0. The molecule has 0 unspecified atom stereocenters. The standard InChI is InChI=1S/C6H15N3.HI/c1-7-6(8(2)3)9(4)5;/h1-5H3;1H. The quantitative estimate of drug-likeness (QED) is 0.361. The van der Waals surface area contributed by atoms with Crippen LogP contribution < -0.4 is 0 Å². The van der Waals surface area contributed by atoms with Crippen LogP contribution in [0.2, 0.25) is 0 Å². The normalized spacial score (nSPS) is 7.70. The van der Waals surface area contributed by atoms with Gasteiger partial charge in [-0.1, -0.05) is 0 Å². The van der Waals surface area contributed by atoms with E-state index in [2.05, 4.69) is 4.99 Å². The molecule has 0 saturated carbocycles. The van der Waals surface area contributed by atoms with Gasteiger partial charge in [0, 0.05) is 35.2 Å². The molecule has 0 bridgehead atoms. The molecule has 0 aliphatic heterocycles. The number of rotatable bonds is 0. The second-order valence-corrected chi connectivity index (χ2v) is 2.31. The van der Waals surface area contributed by atoms with E-state index in [-0.39, 0.29) is 24.0 Å². The lowest BCUT2D eigenvalue weighted by molar-refractivity contribution is 0.482. The summed E-state index contributed by atoms with van der Waals surface area (Å²) >= 11 is 0. The SMILES string of the molecule is CN=C(N(C)C)N(C)C.I. The van der Waals surface area contributed by atoms with Crippen molar-refractivity contribution >= 4 is 29.9 Å². The molecule has 0 aliphatic rings. The van der Waals surface area contributed by atoms with Crippen LogP contribution in [0.25, 0.3) is 0 Å². The van der Waals surface area contributed by atoms with Crippen molar-refractivity contribution in [1.82, 2.24) is 9.80 Å². The highest BCUT2D eigenvalue weighted by Crippen LogP contribution is 1.85. The second-order valence-electron chi connectivity index (χ2n) is 2.31. The zero-order chi connectivity index (χ0) is 7.44. The van der Waals surface area contributed by atoms with Crippen LogP contribution in [-0.2, 0) is 0 Å². The molecular formula is C6H16IN3. The van der Waals surface area contributed by atoms with Crippen LogP contribution in [-0.4, -0.2) is 51.0 Å². The molecule has 10 heavy (non-hydrogen) atoms. The predicted octanol–water partition coefficient (Wildman–Crippen LogP) is 0.713. The molecule has 0 aliphatic carbocycles. The van der Waals surface area contributed by atoms with Gasteiger partial charge in [-0.2, -0.15) is 0 Å². The smallest absolute Gasteiger partial charge is 0.195 e. The average Bonchev–Trinajstić information content (AvgIpc) is 1.64. The molecule has 0 N–H and O–H groups in total. The molecule has 0 aromatic rings. The molecule has 0 aromatic carbocycles. The highest BCUT2D eigenvalue weighted by Gasteiger charge is 1.99. The summed E-state index contributed by atoms with van der Waals surface area (Å²) in [5.74, 6) is 0.981. The summed E-state index contributed by atoms with van der Waals surface area (Å²) < 4.78 is 0. The summed E-state index contributed by atoms with van der Waals surface area (Å²) in [6.45, 7) is 0. The largest absolute Gasteiger partial charge is 0.349 e. The Morgan fingerprint density at radius 3 is 1.30 bits per heavy atom. The molecule has 62 valence electrons. The van der Waals surface area contributed by atoms with Crippen LogP contribution in [0.15, 0.2) is 4.99 Å². The molecule has 0 spiro atoms. The van der Waals surface area contributed by atoms with Crippen molar-refractivity contribution in [1.29, 1.82) is 0 Å². The predicted molar refractivity (Wildman–Crippen MR) is 56.1 cm³/mol. The maximum absolute atomic E-state index is 4.06. The molecule has 0 atom stereocenters. The minimum atomic E-state index is 0. The third kappa shape index (κ3) is 3.92. The Bertz CT molecular complexity index is 99.6. The molecule has 0 fully saturated rings. The van der Waals surface area contributed by atoms with Gasteiger partial charge in [0.2, 0.25) is 0 Å². The van der Waals surface area contributed by atoms with E-state index >= 15 is 0 Å². The lowest BCUT2D eigenvalue weighted by Crippen LogP contribution is -2.35. The number of guanidine groups is 1. The Labute approximate surface area is 80.1 Å². The number of nitrogens with zero attached hydrogens (tertiary/aromatic N) is 3. The second kappa shape index (κ2) is 5.76. The molecule has 3 nitrogen and oxygen atoms in total. The Morgan fingerprint density at radius 1 is 1.00 bits per heavy atom. The van der Waals surface area contributed by atoms with Crippen LogP contribution in [0.3, 0.4) is 0 Å². The van der Waals surface area contributed by atoms with Crippen LogP contribution in [0.4, 0.5) is 0 Å². The van der Waals surface area contributed by atoms with E-state index in [1.807, 2.05) is 38.0 Å². The molecule has 0 rings (SSSR count). The summed E-state index contributed by atoms with van der Waals surface area (Å²) in [5, 5.41) is 0. The van der Waals surface area contributed by atoms with Gasteiger partial charge in [-0.25, -0.2) is 0 Å². The van der Waals surface area contributed by atoms with Gasteiger partial charge in [0.1, 0.15) is 0 Å². The van der Waals surface area contributed by atoms with Gasteiger partial charge in [0.05, 0.1) is 0 Å². The summed E-state index contributed by atoms with van der Waals surface area (Å²) in [7, 11) is 9.69. The first-order chi connectivity index (χ1) is 4.09. The number of halogens is 1. The third-order valence-corrected chi connectivity index (χ3v) is 1.000. The van der Waals surface area contributed by atoms with Crippen molar-refractivity contribution in [3.8, 4) is 0 Å². The zero-order valence-corrected chi connectivity index (χ0v) is 9.58. The van der Waals surface area contributed by atoms with E-state index in [4.69, 9.17) is 0 Å². The Morgan fingerprint density at radius 2 is 1.30 bits per heavy atom. The molecule has 0 aromatic heterocycles. The van der Waals surface area contributed by atoms with E-state index in [0.717, 1.165) is 5.96 Å². The fourth-order valence-corrected chi connectivity index (χ4v) is 0.800. The third-order valence-electron chi connectivity index (χ3n) is 1.000. The fraction of sp³-hybridized carbons (Fsp3) is 0.833. The maximum atomic E-state index is 4.06. The highest BCUT2D eigenvalue weighted by molar-refractivity contribution is 14.0. The molecular weight excluding hydrogens is 241 g/mol. The van der Waals surface area contributed by atoms with Crippen LogP contribution in [0.1, 0.15) is 0 Å². The Kier molecular flexibility index (Phi) is 7.29. The van der Waals surface area contributed by atoms with Gasteiger partial charge in [0.15, 0.2) is 5.96 Å². The van der Waals surface area contributed by atoms with Crippen molar-refractivity contribution in [2.24, 2.45) is 4.99 Å². The first-order valence-electron chi connectivity index (χ1n) is 2.91. The molecule has 0 radical (unpaired) electrons. The highest BCUT2D eigenvalue weighted by atomic mass is 127. The summed E-state index contributed by atoms with van der Waals surface area (Å²) in [6.07, 6.45) is 0. The summed E-state index contributed by atoms with van der Waals surface area (Å²) in [5.41, 5.74) is 0. The number of aliphatic imine (C=N–C) groups is 1. The fourth-order valence-electron chi connectivity index (χ4n) is 0.800. The van der Waals surface area contributed by atoms with Crippen LogP contribution in [0.5, 0.6) is 0 Å². The van der Waals surface area contributed by atoms with E-state index in [9.17, 15) is 0 Å². The van der Waals surface area contributed by atoms with Crippen molar-refractivity contribution in [2.75, 3.05) is 35.2 Å². The van der Waals surface area contributed by atoms with Crippen molar-refractivity contribution in [3.05, 3.63) is 0 Å². The van der Waals surface area contributed by atoms with Crippen molar-refractivity contribution in [2.45, 2.75) is 0 Å². The lowest BCUT2D eigenvalue weighted by atomic mass is 10.7. The molecule has 0 amide bonds. The average molecular weight is 257 g/mol. The van der Waals surface area contributed by atoms with Gasteiger partial charge >= 0.3 is 0 Å². The van der Waals surface area contributed by atoms with Crippen molar-refractivity contribution < 1.29 is 0 Å². The Balaban J connectivity index is 0. The maximum Gasteiger partial charge on any atom is 0.195 e. The lowest BCUT2D eigenvalue weighted by Gasteiger charge is -2.21. The monoisotopic (exact) mass is 257 g/mol. The van der Waals surface area contributed by atoms with E-state index in [0.29, 0.717) is 0 Å². The van der Waals surface area contributed by atoms with Gasteiger partial charge in [0.25, 0.3) is 0 Å². The Hall–Kier alpha value is 0. The first kappa shape index (κ1) is 12.7. The summed E-state index contributed by atoms with van der Waals surface area (Å²) in [6, 6.07) is 0. The van der Waals surface area contributed by atoms with Gasteiger partial charge in [-0.05, 0) is 0 Å².